The summed E-state index contributed by atoms with van der Waals surface area (Å²) in [6.07, 6.45) is 1.92. The number of ketones is 1. The van der Waals surface area contributed by atoms with Crippen LogP contribution in [0.15, 0.2) is 48.7 Å². The van der Waals surface area contributed by atoms with Gasteiger partial charge in [0.25, 0.3) is 0 Å². The van der Waals surface area contributed by atoms with Gasteiger partial charge in [-0.3, -0.25) is 4.79 Å². The number of hydrogen-bond donors (Lipinski definition) is 1. The lowest BCUT2D eigenvalue weighted by atomic mass is 10.00. The molecule has 4 heteroatoms. The number of benzene rings is 2. The van der Waals surface area contributed by atoms with Crippen LogP contribution in [0, 0.1) is 11.3 Å². The number of carbonyl (C=O) groups is 1. The summed E-state index contributed by atoms with van der Waals surface area (Å²) in [6.45, 7) is 0. The average molecular weight is 295 g/mol. The van der Waals surface area contributed by atoms with Gasteiger partial charge in [0.1, 0.15) is 0 Å². The second kappa shape index (κ2) is 5.43. The Morgan fingerprint density at radius 2 is 2.05 bits per heavy atom. The van der Waals surface area contributed by atoms with Crippen LogP contribution in [0.1, 0.15) is 21.5 Å². The summed E-state index contributed by atoms with van der Waals surface area (Å²) >= 11 is 5.94. The van der Waals surface area contributed by atoms with Gasteiger partial charge in [0, 0.05) is 34.1 Å². The molecular weight excluding hydrogens is 284 g/mol. The number of halogens is 1. The van der Waals surface area contributed by atoms with Crippen molar-refractivity contribution in [2.24, 2.45) is 0 Å². The number of nitrogens with one attached hydrogen (secondary N) is 1. The molecule has 0 radical (unpaired) electrons. The molecule has 0 spiro atoms. The Balaban J connectivity index is 2.01. The summed E-state index contributed by atoms with van der Waals surface area (Å²) in [6, 6.07) is 14.7. The zero-order valence-corrected chi connectivity index (χ0v) is 11.8. The maximum absolute atomic E-state index is 12.5. The van der Waals surface area contributed by atoms with Gasteiger partial charge in [0.2, 0.25) is 0 Å². The first-order chi connectivity index (χ1) is 10.2. The van der Waals surface area contributed by atoms with Crippen LogP contribution < -0.4 is 0 Å². The number of nitrogens with zero attached hydrogens (tertiary/aromatic N) is 1. The van der Waals surface area contributed by atoms with Crippen LogP contribution in [0.4, 0.5) is 0 Å². The SMILES string of the molecule is N#Cc1cccc2[nH]cc(C(=O)Cc3cccc(Cl)c3)c12. The third-order valence-electron chi connectivity index (χ3n) is 3.38. The Bertz CT molecular complexity index is 874. The minimum atomic E-state index is -0.0359. The third kappa shape index (κ3) is 2.54. The third-order valence-corrected chi connectivity index (χ3v) is 3.62. The number of aromatic amines is 1. The van der Waals surface area contributed by atoms with Crippen LogP contribution in [-0.4, -0.2) is 10.8 Å². The average Bonchev–Trinajstić information content (AvgIpc) is 2.91. The topological polar surface area (TPSA) is 56.6 Å². The Morgan fingerprint density at radius 1 is 1.24 bits per heavy atom. The van der Waals surface area contributed by atoms with Crippen LogP contribution in [-0.2, 0) is 6.42 Å². The summed E-state index contributed by atoms with van der Waals surface area (Å²) < 4.78 is 0. The summed E-state index contributed by atoms with van der Waals surface area (Å²) in [7, 11) is 0. The highest BCUT2D eigenvalue weighted by Crippen LogP contribution is 2.24. The van der Waals surface area contributed by atoms with E-state index in [1.807, 2.05) is 18.2 Å². The Kier molecular flexibility index (Phi) is 3.47. The Labute approximate surface area is 126 Å². The highest BCUT2D eigenvalue weighted by Gasteiger charge is 2.15. The molecular formula is C17H11ClN2O. The molecule has 0 aliphatic rings. The zero-order valence-electron chi connectivity index (χ0n) is 11.1. The van der Waals surface area contributed by atoms with Crippen molar-refractivity contribution in [1.82, 2.24) is 4.98 Å². The largest absolute Gasteiger partial charge is 0.360 e. The zero-order chi connectivity index (χ0) is 14.8. The number of rotatable bonds is 3. The van der Waals surface area contributed by atoms with Crippen molar-refractivity contribution in [3.63, 3.8) is 0 Å². The lowest BCUT2D eigenvalue weighted by molar-refractivity contribution is 0.0994. The van der Waals surface area contributed by atoms with Crippen LogP contribution in [0.3, 0.4) is 0 Å². The first-order valence-electron chi connectivity index (χ1n) is 6.47. The predicted molar refractivity (Wildman–Crippen MR) is 82.5 cm³/mol. The van der Waals surface area contributed by atoms with Gasteiger partial charge in [0.15, 0.2) is 5.78 Å². The molecule has 0 atom stereocenters. The number of fused-ring (bicyclic) bond motifs is 1. The van der Waals surface area contributed by atoms with Gasteiger partial charge in [-0.1, -0.05) is 29.8 Å². The molecule has 0 bridgehead atoms. The number of carbonyl (C=O) groups excluding carboxylic acids is 1. The lowest BCUT2D eigenvalue weighted by Crippen LogP contribution is -2.03. The van der Waals surface area contributed by atoms with Crippen molar-refractivity contribution >= 4 is 28.3 Å². The van der Waals surface area contributed by atoms with Crippen molar-refractivity contribution < 1.29 is 4.79 Å². The fraction of sp³-hybridized carbons (Fsp3) is 0.0588. The smallest absolute Gasteiger partial charge is 0.169 e. The molecule has 2 aromatic carbocycles. The van der Waals surface area contributed by atoms with Crippen LogP contribution in [0.5, 0.6) is 0 Å². The van der Waals surface area contributed by atoms with E-state index in [0.29, 0.717) is 21.5 Å². The molecule has 0 aliphatic heterocycles. The second-order valence-corrected chi connectivity index (χ2v) is 5.21. The molecule has 1 aromatic heterocycles. The molecule has 0 fully saturated rings. The van der Waals surface area contributed by atoms with Crippen molar-refractivity contribution in [3.8, 4) is 6.07 Å². The van der Waals surface area contributed by atoms with Crippen LogP contribution >= 0.6 is 11.6 Å². The Hall–Kier alpha value is -2.57. The summed E-state index contributed by atoms with van der Waals surface area (Å²) in [5.74, 6) is -0.0359. The number of H-pyrrole nitrogens is 1. The lowest BCUT2D eigenvalue weighted by Gasteiger charge is -2.02. The molecule has 0 saturated heterocycles. The van der Waals surface area contributed by atoms with E-state index in [1.165, 1.54) is 0 Å². The second-order valence-electron chi connectivity index (χ2n) is 4.77. The molecule has 3 aromatic rings. The summed E-state index contributed by atoms with van der Waals surface area (Å²) in [5.41, 5.74) is 2.70. The van der Waals surface area contributed by atoms with Crippen molar-refractivity contribution in [3.05, 3.63) is 70.4 Å². The molecule has 1 heterocycles. The standard InChI is InChI=1S/C17H11ClN2O/c18-13-5-1-3-11(7-13)8-16(21)14-10-20-15-6-2-4-12(9-19)17(14)15/h1-7,10,20H,8H2. The maximum Gasteiger partial charge on any atom is 0.169 e. The van der Waals surface area contributed by atoms with E-state index in [2.05, 4.69) is 11.1 Å². The summed E-state index contributed by atoms with van der Waals surface area (Å²) in [4.78, 5) is 15.5. The monoisotopic (exact) mass is 294 g/mol. The van der Waals surface area contributed by atoms with E-state index >= 15 is 0 Å². The van der Waals surface area contributed by atoms with Gasteiger partial charge in [-0.15, -0.1) is 0 Å². The maximum atomic E-state index is 12.5. The number of nitriles is 1. The minimum absolute atomic E-state index is 0.0359. The molecule has 1 N–H and O–H groups in total. The van der Waals surface area contributed by atoms with E-state index in [4.69, 9.17) is 11.6 Å². The first-order valence-corrected chi connectivity index (χ1v) is 6.84. The van der Waals surface area contributed by atoms with E-state index in [9.17, 15) is 10.1 Å². The molecule has 21 heavy (non-hydrogen) atoms. The van der Waals surface area contributed by atoms with Crippen molar-refractivity contribution in [2.75, 3.05) is 0 Å². The molecule has 0 saturated carbocycles. The minimum Gasteiger partial charge on any atom is -0.360 e. The number of hydrogen-bond acceptors (Lipinski definition) is 2. The van der Waals surface area contributed by atoms with Gasteiger partial charge in [0.05, 0.1) is 11.6 Å². The fourth-order valence-electron chi connectivity index (χ4n) is 2.43. The molecule has 0 unspecified atom stereocenters. The number of aromatic nitrogens is 1. The molecule has 3 nitrogen and oxygen atoms in total. The quantitative estimate of drug-likeness (QED) is 0.739. The van der Waals surface area contributed by atoms with E-state index in [1.54, 1.807) is 30.5 Å². The van der Waals surface area contributed by atoms with E-state index in [0.717, 1.165) is 11.1 Å². The normalized spacial score (nSPS) is 10.5. The Morgan fingerprint density at radius 3 is 2.81 bits per heavy atom. The highest BCUT2D eigenvalue weighted by atomic mass is 35.5. The highest BCUT2D eigenvalue weighted by molar-refractivity contribution is 6.30. The van der Waals surface area contributed by atoms with Crippen LogP contribution in [0.2, 0.25) is 5.02 Å². The molecule has 3 rings (SSSR count). The van der Waals surface area contributed by atoms with Crippen molar-refractivity contribution in [2.45, 2.75) is 6.42 Å². The molecule has 102 valence electrons. The van der Waals surface area contributed by atoms with Crippen LogP contribution in [0.25, 0.3) is 10.9 Å². The van der Waals surface area contributed by atoms with Gasteiger partial charge >= 0.3 is 0 Å². The predicted octanol–water partition coefficient (Wildman–Crippen LogP) is 4.12. The number of Topliss-reactive ketones (excluding diaryl/α,β-unsaturated/α-hetero) is 1. The molecule has 0 amide bonds. The fourth-order valence-corrected chi connectivity index (χ4v) is 2.64. The summed E-state index contributed by atoms with van der Waals surface area (Å²) in [5, 5.41) is 10.5. The van der Waals surface area contributed by atoms with E-state index in [-0.39, 0.29) is 12.2 Å². The molecule has 0 aliphatic carbocycles. The van der Waals surface area contributed by atoms with Gasteiger partial charge < -0.3 is 4.98 Å². The van der Waals surface area contributed by atoms with Gasteiger partial charge in [-0.25, -0.2) is 0 Å². The van der Waals surface area contributed by atoms with Gasteiger partial charge in [-0.05, 0) is 29.8 Å². The van der Waals surface area contributed by atoms with E-state index < -0.39 is 0 Å². The van der Waals surface area contributed by atoms with Crippen molar-refractivity contribution in [1.29, 1.82) is 5.26 Å². The van der Waals surface area contributed by atoms with Gasteiger partial charge in [-0.2, -0.15) is 5.26 Å². The first kappa shape index (κ1) is 13.4.